The number of hydrogen-bond donors (Lipinski definition) is 1. The topological polar surface area (TPSA) is 63.6 Å². The standard InChI is InChI=1S/C27H25N3O3/c1-29-16-22(19-11-6-7-14-23(19)29)25-24(20-12-4-5-13-21(20)27(32)30(25)2)26(31)28-17-9-8-10-18(15-17)33-3/h4-16,24-25H,1-3H3,(H,28,31)/t24-,25+/m0/s1. The van der Waals surface area contributed by atoms with Crippen LogP contribution in [0, 0.1) is 0 Å². The molecule has 0 saturated carbocycles. The van der Waals surface area contributed by atoms with Crippen molar-refractivity contribution in [1.82, 2.24) is 9.47 Å². The van der Waals surface area contributed by atoms with Gasteiger partial charge < -0.3 is 19.5 Å². The molecule has 2 amide bonds. The summed E-state index contributed by atoms with van der Waals surface area (Å²) >= 11 is 0. The summed E-state index contributed by atoms with van der Waals surface area (Å²) in [6, 6.07) is 22.3. The zero-order valence-corrected chi connectivity index (χ0v) is 18.8. The SMILES string of the molecule is COc1cccc(NC(=O)[C@H]2c3ccccc3C(=O)N(C)[C@@H]2c2cn(C)c3ccccc23)c1. The van der Waals surface area contributed by atoms with Gasteiger partial charge in [-0.05, 0) is 29.8 Å². The molecule has 4 aromatic rings. The van der Waals surface area contributed by atoms with Crippen LogP contribution in [0.4, 0.5) is 5.69 Å². The summed E-state index contributed by atoms with van der Waals surface area (Å²) in [6.07, 6.45) is 2.03. The van der Waals surface area contributed by atoms with Gasteiger partial charge in [-0.15, -0.1) is 0 Å². The van der Waals surface area contributed by atoms with Crippen LogP contribution in [0.15, 0.2) is 79.0 Å². The molecule has 0 unspecified atom stereocenters. The summed E-state index contributed by atoms with van der Waals surface area (Å²) in [7, 11) is 5.35. The van der Waals surface area contributed by atoms with Gasteiger partial charge in [0.05, 0.1) is 19.1 Å². The number of nitrogens with zero attached hydrogens (tertiary/aromatic N) is 2. The highest BCUT2D eigenvalue weighted by atomic mass is 16.5. The lowest BCUT2D eigenvalue weighted by Crippen LogP contribution is -2.44. The largest absolute Gasteiger partial charge is 0.497 e. The molecule has 0 fully saturated rings. The van der Waals surface area contributed by atoms with E-state index in [-0.39, 0.29) is 11.8 Å². The predicted octanol–water partition coefficient (Wildman–Crippen LogP) is 4.74. The van der Waals surface area contributed by atoms with Crippen molar-refractivity contribution in [3.05, 3.63) is 95.7 Å². The van der Waals surface area contributed by atoms with Crippen molar-refractivity contribution in [3.63, 3.8) is 0 Å². The first-order valence-electron chi connectivity index (χ1n) is 10.8. The minimum Gasteiger partial charge on any atom is -0.497 e. The predicted molar refractivity (Wildman–Crippen MR) is 129 cm³/mol. The van der Waals surface area contributed by atoms with Crippen molar-refractivity contribution >= 4 is 28.4 Å². The summed E-state index contributed by atoms with van der Waals surface area (Å²) in [6.45, 7) is 0. The molecule has 2 heterocycles. The number of hydrogen-bond acceptors (Lipinski definition) is 3. The van der Waals surface area contributed by atoms with E-state index in [9.17, 15) is 9.59 Å². The van der Waals surface area contributed by atoms with E-state index in [1.165, 1.54) is 0 Å². The molecule has 1 N–H and O–H groups in total. The van der Waals surface area contributed by atoms with E-state index in [0.29, 0.717) is 17.0 Å². The van der Waals surface area contributed by atoms with Crippen LogP contribution in [0.3, 0.4) is 0 Å². The van der Waals surface area contributed by atoms with Crippen molar-refractivity contribution in [2.75, 3.05) is 19.5 Å². The number of methoxy groups -OCH3 is 1. The van der Waals surface area contributed by atoms with Crippen LogP contribution in [0.2, 0.25) is 0 Å². The average molecular weight is 440 g/mol. The number of anilines is 1. The highest BCUT2D eigenvalue weighted by Gasteiger charge is 2.43. The van der Waals surface area contributed by atoms with Crippen molar-refractivity contribution in [2.24, 2.45) is 7.05 Å². The highest BCUT2D eigenvalue weighted by molar-refractivity contribution is 6.05. The molecule has 3 aromatic carbocycles. The quantitative estimate of drug-likeness (QED) is 0.500. The molecule has 1 aromatic heterocycles. The van der Waals surface area contributed by atoms with Crippen LogP contribution >= 0.6 is 0 Å². The van der Waals surface area contributed by atoms with Gasteiger partial charge >= 0.3 is 0 Å². The first-order chi connectivity index (χ1) is 16.0. The van der Waals surface area contributed by atoms with E-state index in [4.69, 9.17) is 4.74 Å². The summed E-state index contributed by atoms with van der Waals surface area (Å²) in [4.78, 5) is 28.8. The number of carbonyl (C=O) groups is 2. The Hall–Kier alpha value is -4.06. The Kier molecular flexibility index (Phi) is 5.13. The molecule has 2 atom stereocenters. The third-order valence-corrected chi connectivity index (χ3v) is 6.45. The monoisotopic (exact) mass is 439 g/mol. The Morgan fingerprint density at radius 1 is 0.939 bits per heavy atom. The number of ether oxygens (including phenoxy) is 1. The van der Waals surface area contributed by atoms with Crippen molar-refractivity contribution in [3.8, 4) is 5.75 Å². The number of rotatable bonds is 4. The minimum atomic E-state index is -0.582. The summed E-state index contributed by atoms with van der Waals surface area (Å²) in [5.74, 6) is -0.183. The molecular formula is C27H25N3O3. The summed E-state index contributed by atoms with van der Waals surface area (Å²) in [5.41, 5.74) is 3.94. The summed E-state index contributed by atoms with van der Waals surface area (Å²) < 4.78 is 7.35. The lowest BCUT2D eigenvalue weighted by atomic mass is 9.79. The highest BCUT2D eigenvalue weighted by Crippen LogP contribution is 2.44. The van der Waals surface area contributed by atoms with Crippen LogP contribution in [-0.2, 0) is 11.8 Å². The van der Waals surface area contributed by atoms with E-state index in [1.807, 2.05) is 78.5 Å². The fourth-order valence-corrected chi connectivity index (χ4v) is 4.88. The molecule has 1 aliphatic heterocycles. The maximum Gasteiger partial charge on any atom is 0.254 e. The van der Waals surface area contributed by atoms with Gasteiger partial charge in [-0.1, -0.05) is 42.5 Å². The molecule has 166 valence electrons. The molecule has 0 saturated heterocycles. The van der Waals surface area contributed by atoms with Crippen LogP contribution < -0.4 is 10.1 Å². The number of benzene rings is 3. The molecule has 33 heavy (non-hydrogen) atoms. The Bertz CT molecular complexity index is 1370. The molecular weight excluding hydrogens is 414 g/mol. The van der Waals surface area contributed by atoms with E-state index < -0.39 is 12.0 Å². The van der Waals surface area contributed by atoms with Crippen molar-refractivity contribution < 1.29 is 14.3 Å². The Morgan fingerprint density at radius 2 is 1.70 bits per heavy atom. The van der Waals surface area contributed by atoms with Gasteiger partial charge in [0.1, 0.15) is 5.75 Å². The maximum absolute atomic E-state index is 13.8. The van der Waals surface area contributed by atoms with Gasteiger partial charge in [-0.3, -0.25) is 9.59 Å². The lowest BCUT2D eigenvalue weighted by Gasteiger charge is -2.39. The first kappa shape index (κ1) is 20.8. The summed E-state index contributed by atoms with van der Waals surface area (Å²) in [5, 5.41) is 4.08. The fraction of sp³-hybridized carbons (Fsp3) is 0.185. The molecule has 0 aliphatic carbocycles. The van der Waals surface area contributed by atoms with Crippen LogP contribution in [0.1, 0.15) is 33.4 Å². The Labute approximate surface area is 192 Å². The number of likely N-dealkylation sites (N-methyl/N-ethyl adjacent to an activating group) is 1. The second-order valence-electron chi connectivity index (χ2n) is 8.36. The normalized spacial score (nSPS) is 17.7. The van der Waals surface area contributed by atoms with Crippen molar-refractivity contribution in [1.29, 1.82) is 0 Å². The van der Waals surface area contributed by atoms with Crippen LogP contribution in [0.5, 0.6) is 5.75 Å². The van der Waals surface area contributed by atoms with Gasteiger partial charge in [0.25, 0.3) is 5.91 Å². The fourth-order valence-electron chi connectivity index (χ4n) is 4.88. The number of fused-ring (bicyclic) bond motifs is 2. The second kappa shape index (κ2) is 8.13. The van der Waals surface area contributed by atoms with Gasteiger partial charge in [0.2, 0.25) is 5.91 Å². The third kappa shape index (κ3) is 3.44. The zero-order chi connectivity index (χ0) is 23.1. The molecule has 6 heteroatoms. The molecule has 6 nitrogen and oxygen atoms in total. The molecule has 1 aliphatic rings. The van der Waals surface area contributed by atoms with Gasteiger partial charge in [0.15, 0.2) is 0 Å². The Balaban J connectivity index is 1.66. The van der Waals surface area contributed by atoms with Gasteiger partial charge in [-0.2, -0.15) is 0 Å². The molecule has 0 radical (unpaired) electrons. The lowest BCUT2D eigenvalue weighted by molar-refractivity contribution is -0.119. The average Bonchev–Trinajstić information content (AvgIpc) is 3.17. The molecule has 0 bridgehead atoms. The second-order valence-corrected chi connectivity index (χ2v) is 8.36. The van der Waals surface area contributed by atoms with E-state index in [1.54, 1.807) is 31.2 Å². The maximum atomic E-state index is 13.8. The molecule has 5 rings (SSSR count). The Morgan fingerprint density at radius 3 is 2.52 bits per heavy atom. The number of nitrogens with one attached hydrogen (secondary N) is 1. The number of para-hydroxylation sites is 1. The number of aromatic nitrogens is 1. The smallest absolute Gasteiger partial charge is 0.254 e. The minimum absolute atomic E-state index is 0.0889. The van der Waals surface area contributed by atoms with E-state index in [0.717, 1.165) is 22.0 Å². The van der Waals surface area contributed by atoms with E-state index >= 15 is 0 Å². The molecule has 0 spiro atoms. The van der Waals surface area contributed by atoms with Crippen LogP contribution in [0.25, 0.3) is 10.9 Å². The number of carbonyl (C=O) groups excluding carboxylic acids is 2. The van der Waals surface area contributed by atoms with Gasteiger partial charge in [0, 0.05) is 54.1 Å². The van der Waals surface area contributed by atoms with Crippen molar-refractivity contribution in [2.45, 2.75) is 12.0 Å². The third-order valence-electron chi connectivity index (χ3n) is 6.45. The van der Waals surface area contributed by atoms with Crippen LogP contribution in [-0.4, -0.2) is 35.4 Å². The van der Waals surface area contributed by atoms with Gasteiger partial charge in [-0.25, -0.2) is 0 Å². The zero-order valence-electron chi connectivity index (χ0n) is 18.8. The van der Waals surface area contributed by atoms with E-state index in [2.05, 4.69) is 5.32 Å². The number of aryl methyl sites for hydroxylation is 1. The first-order valence-corrected chi connectivity index (χ1v) is 10.8. The number of amides is 2.